The van der Waals surface area contributed by atoms with Crippen molar-refractivity contribution in [3.05, 3.63) is 35.1 Å². The van der Waals surface area contributed by atoms with E-state index in [1.165, 1.54) is 12.1 Å². The third kappa shape index (κ3) is 2.01. The minimum atomic E-state index is -0.293. The van der Waals surface area contributed by atoms with Crippen LogP contribution < -0.4 is 0 Å². The van der Waals surface area contributed by atoms with E-state index in [9.17, 15) is 9.18 Å². The summed E-state index contributed by atoms with van der Waals surface area (Å²) in [6.45, 7) is 1.76. The minimum Gasteiger partial charge on any atom is -0.339 e. The van der Waals surface area contributed by atoms with Gasteiger partial charge in [0.1, 0.15) is 5.82 Å². The average molecular weight is 207 g/mol. The molecule has 0 bridgehead atoms. The van der Waals surface area contributed by atoms with Gasteiger partial charge in [0.2, 0.25) is 0 Å². The maximum Gasteiger partial charge on any atom is 0.254 e. The zero-order chi connectivity index (χ0) is 11.0. The van der Waals surface area contributed by atoms with E-state index in [1.807, 2.05) is 7.05 Å². The summed E-state index contributed by atoms with van der Waals surface area (Å²) in [5.74, 6) is -0.298. The van der Waals surface area contributed by atoms with Gasteiger partial charge in [0.15, 0.2) is 0 Å². The van der Waals surface area contributed by atoms with Crippen molar-refractivity contribution in [3.63, 3.8) is 0 Å². The van der Waals surface area contributed by atoms with Crippen LogP contribution in [0.3, 0.4) is 0 Å². The summed E-state index contributed by atoms with van der Waals surface area (Å²) >= 11 is 0. The van der Waals surface area contributed by atoms with Crippen molar-refractivity contribution in [2.45, 2.75) is 25.8 Å². The van der Waals surface area contributed by atoms with E-state index in [0.29, 0.717) is 17.2 Å². The Hall–Kier alpha value is -1.38. The summed E-state index contributed by atoms with van der Waals surface area (Å²) in [5.41, 5.74) is 1.30. The SMILES string of the molecule is Cc1cc(F)ccc1C(=O)N(C)C1CC1. The van der Waals surface area contributed by atoms with Crippen LogP contribution in [0.25, 0.3) is 0 Å². The molecule has 0 N–H and O–H groups in total. The molecule has 3 heteroatoms. The van der Waals surface area contributed by atoms with Crippen molar-refractivity contribution in [2.24, 2.45) is 0 Å². The molecule has 2 rings (SSSR count). The van der Waals surface area contributed by atoms with Gasteiger partial charge in [0.25, 0.3) is 5.91 Å². The first kappa shape index (κ1) is 10.1. The topological polar surface area (TPSA) is 20.3 Å². The fourth-order valence-electron chi connectivity index (χ4n) is 1.68. The third-order valence-electron chi connectivity index (χ3n) is 2.83. The first-order valence-corrected chi connectivity index (χ1v) is 5.13. The first-order chi connectivity index (χ1) is 7.09. The molecule has 80 valence electrons. The summed E-state index contributed by atoms with van der Waals surface area (Å²) in [6, 6.07) is 4.68. The average Bonchev–Trinajstić information content (AvgIpc) is 2.99. The molecule has 1 aliphatic rings. The van der Waals surface area contributed by atoms with Gasteiger partial charge in [-0.25, -0.2) is 4.39 Å². The van der Waals surface area contributed by atoms with E-state index < -0.39 is 0 Å². The fraction of sp³-hybridized carbons (Fsp3) is 0.417. The highest BCUT2D eigenvalue weighted by molar-refractivity contribution is 5.95. The molecule has 15 heavy (non-hydrogen) atoms. The van der Waals surface area contributed by atoms with Crippen LogP contribution in [0.15, 0.2) is 18.2 Å². The molecule has 0 radical (unpaired) electrons. The normalized spacial score (nSPS) is 15.1. The van der Waals surface area contributed by atoms with Gasteiger partial charge in [-0.3, -0.25) is 4.79 Å². The molecule has 0 aromatic heterocycles. The van der Waals surface area contributed by atoms with Crippen molar-refractivity contribution < 1.29 is 9.18 Å². The van der Waals surface area contributed by atoms with E-state index in [4.69, 9.17) is 0 Å². The summed E-state index contributed by atoms with van der Waals surface area (Å²) in [4.78, 5) is 13.7. The maximum atomic E-state index is 12.9. The molecule has 0 atom stereocenters. The van der Waals surface area contributed by atoms with Gasteiger partial charge in [-0.15, -0.1) is 0 Å². The number of hydrogen-bond donors (Lipinski definition) is 0. The van der Waals surface area contributed by atoms with Gasteiger partial charge < -0.3 is 4.90 Å². The Kier molecular flexibility index (Phi) is 2.47. The number of carbonyl (C=O) groups excluding carboxylic acids is 1. The van der Waals surface area contributed by atoms with Gasteiger partial charge >= 0.3 is 0 Å². The molecule has 1 fully saturated rings. The quantitative estimate of drug-likeness (QED) is 0.729. The van der Waals surface area contributed by atoms with Crippen LogP contribution in [0.5, 0.6) is 0 Å². The van der Waals surface area contributed by atoms with E-state index in [-0.39, 0.29) is 11.7 Å². The number of halogens is 1. The van der Waals surface area contributed by atoms with Crippen molar-refractivity contribution in [1.82, 2.24) is 4.90 Å². The number of amides is 1. The molecule has 0 unspecified atom stereocenters. The van der Waals surface area contributed by atoms with Gasteiger partial charge in [-0.05, 0) is 43.5 Å². The molecule has 2 nitrogen and oxygen atoms in total. The number of rotatable bonds is 2. The van der Waals surface area contributed by atoms with Gasteiger partial charge in [0, 0.05) is 18.7 Å². The highest BCUT2D eigenvalue weighted by Crippen LogP contribution is 2.27. The second kappa shape index (κ2) is 3.65. The highest BCUT2D eigenvalue weighted by atomic mass is 19.1. The van der Waals surface area contributed by atoms with E-state index in [1.54, 1.807) is 17.9 Å². The Labute approximate surface area is 88.7 Å². The van der Waals surface area contributed by atoms with Crippen molar-refractivity contribution in [2.75, 3.05) is 7.05 Å². The molecule has 1 aromatic carbocycles. The number of nitrogens with zero attached hydrogens (tertiary/aromatic N) is 1. The van der Waals surface area contributed by atoms with Gasteiger partial charge in [-0.1, -0.05) is 0 Å². The standard InChI is InChI=1S/C12H14FNO/c1-8-7-9(13)3-6-11(8)12(15)14(2)10-4-5-10/h3,6-7,10H,4-5H2,1-2H3. The Bertz CT molecular complexity index is 399. The third-order valence-corrected chi connectivity index (χ3v) is 2.83. The van der Waals surface area contributed by atoms with Crippen molar-refractivity contribution in [1.29, 1.82) is 0 Å². The first-order valence-electron chi connectivity index (χ1n) is 5.13. The second-order valence-corrected chi connectivity index (χ2v) is 4.11. The molecule has 1 amide bonds. The van der Waals surface area contributed by atoms with Crippen LogP contribution in [0.4, 0.5) is 4.39 Å². The van der Waals surface area contributed by atoms with Crippen LogP contribution in [0, 0.1) is 12.7 Å². The van der Waals surface area contributed by atoms with Gasteiger partial charge in [0.05, 0.1) is 0 Å². The summed E-state index contributed by atoms with van der Waals surface area (Å²) in [5, 5.41) is 0. The predicted octanol–water partition coefficient (Wildman–Crippen LogP) is 2.37. The molecule has 0 saturated heterocycles. The number of aryl methyl sites for hydroxylation is 1. The number of hydrogen-bond acceptors (Lipinski definition) is 1. The van der Waals surface area contributed by atoms with Crippen LogP contribution in [0.1, 0.15) is 28.8 Å². The molecule has 1 aliphatic carbocycles. The van der Waals surface area contributed by atoms with Crippen LogP contribution in [-0.2, 0) is 0 Å². The second-order valence-electron chi connectivity index (χ2n) is 4.11. The molecule has 1 aromatic rings. The summed E-state index contributed by atoms with van der Waals surface area (Å²) in [6.07, 6.45) is 2.17. The maximum absolute atomic E-state index is 12.9. The predicted molar refractivity (Wildman–Crippen MR) is 56.3 cm³/mol. The minimum absolute atomic E-state index is 0.00463. The molecular weight excluding hydrogens is 193 g/mol. The Balaban J connectivity index is 2.24. The number of benzene rings is 1. The Morgan fingerprint density at radius 1 is 1.47 bits per heavy atom. The van der Waals surface area contributed by atoms with Crippen molar-refractivity contribution in [3.8, 4) is 0 Å². The van der Waals surface area contributed by atoms with Crippen LogP contribution in [-0.4, -0.2) is 23.9 Å². The van der Waals surface area contributed by atoms with Crippen LogP contribution in [0.2, 0.25) is 0 Å². The molecule has 0 heterocycles. The van der Waals surface area contributed by atoms with E-state index >= 15 is 0 Å². The molecule has 0 spiro atoms. The van der Waals surface area contributed by atoms with Crippen molar-refractivity contribution >= 4 is 5.91 Å². The van der Waals surface area contributed by atoms with Crippen LogP contribution >= 0.6 is 0 Å². The smallest absolute Gasteiger partial charge is 0.254 e. The number of carbonyl (C=O) groups is 1. The highest BCUT2D eigenvalue weighted by Gasteiger charge is 2.30. The zero-order valence-corrected chi connectivity index (χ0v) is 8.96. The molecule has 1 saturated carbocycles. The lowest BCUT2D eigenvalue weighted by Gasteiger charge is -2.17. The molecule has 0 aliphatic heterocycles. The lowest BCUT2D eigenvalue weighted by atomic mass is 10.1. The fourth-order valence-corrected chi connectivity index (χ4v) is 1.68. The molecular formula is C12H14FNO. The largest absolute Gasteiger partial charge is 0.339 e. The van der Waals surface area contributed by atoms with Gasteiger partial charge in [-0.2, -0.15) is 0 Å². The lowest BCUT2D eigenvalue weighted by molar-refractivity contribution is 0.0784. The Morgan fingerprint density at radius 3 is 2.67 bits per heavy atom. The summed E-state index contributed by atoms with van der Waals surface area (Å²) in [7, 11) is 1.81. The zero-order valence-electron chi connectivity index (χ0n) is 8.96. The van der Waals surface area contributed by atoms with E-state index in [2.05, 4.69) is 0 Å². The summed E-state index contributed by atoms with van der Waals surface area (Å²) < 4.78 is 12.9. The monoisotopic (exact) mass is 207 g/mol. The lowest BCUT2D eigenvalue weighted by Crippen LogP contribution is -2.29. The van der Waals surface area contributed by atoms with E-state index in [0.717, 1.165) is 12.8 Å². The Morgan fingerprint density at radius 2 is 2.13 bits per heavy atom.